The standard InChI is InChI=1S/C15H13N3O3/c1-18-9-17-12-8-10(5-6-13(12)18)21-15(19)11-4-3-7-16-14(11)20-2/h3-9H,1-2H3. The number of rotatable bonds is 3. The van der Waals surface area contributed by atoms with Crippen molar-refractivity contribution >= 4 is 17.0 Å². The van der Waals surface area contributed by atoms with Crippen molar-refractivity contribution in [2.24, 2.45) is 7.05 Å². The number of methoxy groups -OCH3 is 1. The first-order valence-electron chi connectivity index (χ1n) is 6.31. The van der Waals surface area contributed by atoms with Gasteiger partial charge >= 0.3 is 5.97 Å². The van der Waals surface area contributed by atoms with Gasteiger partial charge in [0.05, 0.1) is 24.5 Å². The normalized spacial score (nSPS) is 10.6. The van der Waals surface area contributed by atoms with Gasteiger partial charge in [0.15, 0.2) is 0 Å². The Kier molecular flexibility index (Phi) is 3.27. The number of aryl methyl sites for hydroxylation is 1. The number of pyridine rings is 1. The molecule has 0 N–H and O–H groups in total. The molecule has 6 nitrogen and oxygen atoms in total. The second-order valence-electron chi connectivity index (χ2n) is 4.46. The lowest BCUT2D eigenvalue weighted by Crippen LogP contribution is -2.10. The van der Waals surface area contributed by atoms with Crippen LogP contribution in [0.3, 0.4) is 0 Å². The number of nitrogens with zero attached hydrogens (tertiary/aromatic N) is 3. The number of esters is 1. The lowest BCUT2D eigenvalue weighted by molar-refractivity contribution is 0.0730. The molecule has 6 heteroatoms. The summed E-state index contributed by atoms with van der Waals surface area (Å²) in [4.78, 5) is 20.4. The molecule has 0 amide bonds. The summed E-state index contributed by atoms with van der Waals surface area (Å²) in [6.45, 7) is 0. The zero-order valence-electron chi connectivity index (χ0n) is 11.6. The van der Waals surface area contributed by atoms with Gasteiger partial charge in [-0.2, -0.15) is 0 Å². The second-order valence-corrected chi connectivity index (χ2v) is 4.46. The third-order valence-corrected chi connectivity index (χ3v) is 3.09. The third-order valence-electron chi connectivity index (χ3n) is 3.09. The molecule has 0 atom stereocenters. The van der Waals surface area contributed by atoms with Crippen LogP contribution in [0.1, 0.15) is 10.4 Å². The predicted octanol–water partition coefficient (Wildman–Crippen LogP) is 2.20. The number of carbonyl (C=O) groups is 1. The molecule has 2 aromatic heterocycles. The summed E-state index contributed by atoms with van der Waals surface area (Å²) < 4.78 is 12.3. The Morgan fingerprint density at radius 1 is 1.24 bits per heavy atom. The molecule has 3 aromatic rings. The Morgan fingerprint density at radius 2 is 2.10 bits per heavy atom. The number of hydrogen-bond donors (Lipinski definition) is 0. The fourth-order valence-corrected chi connectivity index (χ4v) is 2.05. The van der Waals surface area contributed by atoms with Crippen LogP contribution in [0.25, 0.3) is 11.0 Å². The van der Waals surface area contributed by atoms with E-state index in [1.54, 1.807) is 36.8 Å². The maximum atomic E-state index is 12.2. The molecule has 0 saturated carbocycles. The second kappa shape index (κ2) is 5.24. The molecule has 0 fully saturated rings. The van der Waals surface area contributed by atoms with E-state index in [1.807, 2.05) is 17.7 Å². The number of fused-ring (bicyclic) bond motifs is 1. The molecular formula is C15H13N3O3. The summed E-state index contributed by atoms with van der Waals surface area (Å²) in [6.07, 6.45) is 3.26. The van der Waals surface area contributed by atoms with E-state index in [9.17, 15) is 4.79 Å². The van der Waals surface area contributed by atoms with Crippen LogP contribution in [0.2, 0.25) is 0 Å². The zero-order valence-corrected chi connectivity index (χ0v) is 11.6. The van der Waals surface area contributed by atoms with Crippen molar-refractivity contribution in [2.75, 3.05) is 7.11 Å². The van der Waals surface area contributed by atoms with Crippen molar-refractivity contribution in [3.63, 3.8) is 0 Å². The van der Waals surface area contributed by atoms with Crippen molar-refractivity contribution in [2.45, 2.75) is 0 Å². The van der Waals surface area contributed by atoms with Crippen molar-refractivity contribution in [3.05, 3.63) is 48.4 Å². The molecule has 0 radical (unpaired) electrons. The third kappa shape index (κ3) is 2.43. The molecule has 0 saturated heterocycles. The number of benzene rings is 1. The van der Waals surface area contributed by atoms with Gasteiger partial charge in [-0.1, -0.05) is 0 Å². The molecule has 0 aliphatic carbocycles. The lowest BCUT2D eigenvalue weighted by atomic mass is 10.2. The Labute approximate surface area is 121 Å². The summed E-state index contributed by atoms with van der Waals surface area (Å²) in [5, 5.41) is 0. The minimum absolute atomic E-state index is 0.237. The van der Waals surface area contributed by atoms with Crippen LogP contribution in [-0.4, -0.2) is 27.6 Å². The first-order chi connectivity index (χ1) is 10.2. The number of hydrogen-bond acceptors (Lipinski definition) is 5. The van der Waals surface area contributed by atoms with Gasteiger partial charge in [0.2, 0.25) is 5.88 Å². The van der Waals surface area contributed by atoms with E-state index in [4.69, 9.17) is 9.47 Å². The highest BCUT2D eigenvalue weighted by Crippen LogP contribution is 2.22. The maximum absolute atomic E-state index is 12.2. The quantitative estimate of drug-likeness (QED) is 0.544. The Morgan fingerprint density at radius 3 is 2.90 bits per heavy atom. The highest BCUT2D eigenvalue weighted by atomic mass is 16.5. The predicted molar refractivity (Wildman–Crippen MR) is 76.5 cm³/mol. The number of ether oxygens (including phenoxy) is 2. The van der Waals surface area contributed by atoms with Crippen LogP contribution in [0.5, 0.6) is 11.6 Å². The van der Waals surface area contributed by atoms with Gasteiger partial charge in [-0.15, -0.1) is 0 Å². The van der Waals surface area contributed by atoms with Gasteiger partial charge in [0, 0.05) is 19.3 Å². The first-order valence-corrected chi connectivity index (χ1v) is 6.31. The summed E-state index contributed by atoms with van der Waals surface area (Å²) in [5.41, 5.74) is 2.01. The minimum Gasteiger partial charge on any atom is -0.480 e. The summed E-state index contributed by atoms with van der Waals surface area (Å²) in [6, 6.07) is 8.56. The molecule has 0 aliphatic rings. The molecule has 3 rings (SSSR count). The lowest BCUT2D eigenvalue weighted by Gasteiger charge is -2.07. The number of aromatic nitrogens is 3. The van der Waals surface area contributed by atoms with Crippen molar-refractivity contribution < 1.29 is 14.3 Å². The Bertz CT molecular complexity index is 811. The van der Waals surface area contributed by atoms with Crippen LogP contribution >= 0.6 is 0 Å². The SMILES string of the molecule is COc1ncccc1C(=O)Oc1ccc2c(c1)ncn2C. The van der Waals surface area contributed by atoms with Gasteiger partial charge in [0.1, 0.15) is 11.3 Å². The average molecular weight is 283 g/mol. The highest BCUT2D eigenvalue weighted by Gasteiger charge is 2.15. The molecule has 106 valence electrons. The highest BCUT2D eigenvalue weighted by molar-refractivity contribution is 5.93. The molecule has 2 heterocycles. The molecule has 21 heavy (non-hydrogen) atoms. The van der Waals surface area contributed by atoms with E-state index in [2.05, 4.69) is 9.97 Å². The fourth-order valence-electron chi connectivity index (χ4n) is 2.05. The Hall–Kier alpha value is -2.89. The van der Waals surface area contributed by atoms with E-state index < -0.39 is 5.97 Å². The van der Waals surface area contributed by atoms with E-state index in [1.165, 1.54) is 7.11 Å². The first kappa shape index (κ1) is 13.1. The molecule has 0 unspecified atom stereocenters. The van der Waals surface area contributed by atoms with Gasteiger partial charge < -0.3 is 14.0 Å². The van der Waals surface area contributed by atoms with Gasteiger partial charge in [0.25, 0.3) is 0 Å². The average Bonchev–Trinajstić information content (AvgIpc) is 2.88. The summed E-state index contributed by atoms with van der Waals surface area (Å²) in [7, 11) is 3.36. The fraction of sp³-hybridized carbons (Fsp3) is 0.133. The monoisotopic (exact) mass is 283 g/mol. The minimum atomic E-state index is -0.518. The Balaban J connectivity index is 1.89. The van der Waals surface area contributed by atoms with Crippen LogP contribution in [0.4, 0.5) is 0 Å². The van der Waals surface area contributed by atoms with E-state index in [0.29, 0.717) is 5.75 Å². The van der Waals surface area contributed by atoms with Crippen LogP contribution in [0.15, 0.2) is 42.9 Å². The smallest absolute Gasteiger partial charge is 0.349 e. The molecule has 0 bridgehead atoms. The molecule has 1 aromatic carbocycles. The van der Waals surface area contributed by atoms with E-state index >= 15 is 0 Å². The van der Waals surface area contributed by atoms with Crippen LogP contribution in [0, 0.1) is 0 Å². The molecular weight excluding hydrogens is 270 g/mol. The van der Waals surface area contributed by atoms with Crippen molar-refractivity contribution in [1.82, 2.24) is 14.5 Å². The van der Waals surface area contributed by atoms with E-state index in [0.717, 1.165) is 11.0 Å². The zero-order chi connectivity index (χ0) is 14.8. The summed E-state index contributed by atoms with van der Waals surface area (Å²) in [5.74, 6) is 0.147. The van der Waals surface area contributed by atoms with E-state index in [-0.39, 0.29) is 11.4 Å². The maximum Gasteiger partial charge on any atom is 0.349 e. The van der Waals surface area contributed by atoms with Gasteiger partial charge in [-0.25, -0.2) is 14.8 Å². The van der Waals surface area contributed by atoms with Crippen LogP contribution in [-0.2, 0) is 7.05 Å². The largest absolute Gasteiger partial charge is 0.480 e. The van der Waals surface area contributed by atoms with Crippen molar-refractivity contribution in [1.29, 1.82) is 0 Å². The van der Waals surface area contributed by atoms with Gasteiger partial charge in [-0.05, 0) is 24.3 Å². The van der Waals surface area contributed by atoms with Crippen LogP contribution < -0.4 is 9.47 Å². The molecule has 0 aliphatic heterocycles. The number of imidazole rings is 1. The topological polar surface area (TPSA) is 66.2 Å². The van der Waals surface area contributed by atoms with Crippen molar-refractivity contribution in [3.8, 4) is 11.6 Å². The number of carbonyl (C=O) groups excluding carboxylic acids is 1. The molecule has 0 spiro atoms. The van der Waals surface area contributed by atoms with Gasteiger partial charge in [-0.3, -0.25) is 0 Å². The summed E-state index contributed by atoms with van der Waals surface area (Å²) >= 11 is 0.